The van der Waals surface area contributed by atoms with E-state index >= 15 is 0 Å². The number of fused-ring (bicyclic) bond motifs is 1. The first-order valence-electron chi connectivity index (χ1n) is 9.02. The van der Waals surface area contributed by atoms with Crippen molar-refractivity contribution in [3.8, 4) is 28.6 Å². The van der Waals surface area contributed by atoms with Gasteiger partial charge in [-0.3, -0.25) is 4.79 Å². The zero-order valence-corrected chi connectivity index (χ0v) is 15.5. The minimum atomic E-state index is -1.04. The van der Waals surface area contributed by atoms with E-state index in [2.05, 4.69) is 0 Å². The lowest BCUT2D eigenvalue weighted by atomic mass is 10.1. The number of hydrogen-bond donors (Lipinski definition) is 4. The Morgan fingerprint density at radius 1 is 1.10 bits per heavy atom. The van der Waals surface area contributed by atoms with Gasteiger partial charge in [-0.2, -0.15) is 0 Å². The van der Waals surface area contributed by atoms with E-state index in [0.29, 0.717) is 5.56 Å². The summed E-state index contributed by atoms with van der Waals surface area (Å²) in [5.74, 6) is -1.96. The van der Waals surface area contributed by atoms with Crippen LogP contribution < -0.4 is 20.8 Å². The van der Waals surface area contributed by atoms with Gasteiger partial charge in [0, 0.05) is 12.0 Å². The van der Waals surface area contributed by atoms with Crippen molar-refractivity contribution >= 4 is 11.8 Å². The van der Waals surface area contributed by atoms with Crippen LogP contribution in [-0.2, 0) is 6.61 Å². The number of phenolic OH excluding ortho intramolecular Hbond substituents is 2. The smallest absolute Gasteiger partial charge is 0.238 e. The molecule has 1 unspecified atom stereocenters. The second kappa shape index (κ2) is 7.57. The van der Waals surface area contributed by atoms with Crippen molar-refractivity contribution in [3.05, 3.63) is 74.7 Å². The molecule has 154 valence electrons. The van der Waals surface area contributed by atoms with E-state index in [1.807, 2.05) is 0 Å². The Morgan fingerprint density at radius 2 is 1.90 bits per heavy atom. The minimum absolute atomic E-state index is 0.0445. The molecule has 8 heteroatoms. The van der Waals surface area contributed by atoms with Crippen LogP contribution >= 0.6 is 0 Å². The van der Waals surface area contributed by atoms with E-state index in [1.165, 1.54) is 42.5 Å². The summed E-state index contributed by atoms with van der Waals surface area (Å²) in [5.41, 5.74) is -0.0537. The van der Waals surface area contributed by atoms with Crippen LogP contribution in [0.15, 0.2) is 51.7 Å². The van der Waals surface area contributed by atoms with Crippen molar-refractivity contribution in [1.29, 1.82) is 0 Å². The molecule has 2 aromatic carbocycles. The van der Waals surface area contributed by atoms with E-state index in [-0.39, 0.29) is 52.2 Å². The lowest BCUT2D eigenvalue weighted by Gasteiger charge is -2.15. The predicted octanol–water partition coefficient (Wildman–Crippen LogP) is 1.65. The molecule has 0 saturated heterocycles. The first kappa shape index (κ1) is 19.5. The molecule has 1 aliphatic rings. The van der Waals surface area contributed by atoms with Crippen molar-refractivity contribution in [2.24, 2.45) is 0 Å². The van der Waals surface area contributed by atoms with Gasteiger partial charge < -0.3 is 29.6 Å². The van der Waals surface area contributed by atoms with E-state index < -0.39 is 23.1 Å². The summed E-state index contributed by atoms with van der Waals surface area (Å²) < 4.78 is 24.9. The van der Waals surface area contributed by atoms with Crippen LogP contribution in [0.1, 0.15) is 12.0 Å². The zero-order valence-electron chi connectivity index (χ0n) is 15.5. The predicted molar refractivity (Wildman–Crippen MR) is 105 cm³/mol. The lowest BCUT2D eigenvalue weighted by molar-refractivity contribution is 0.227. The average molecular weight is 412 g/mol. The molecule has 0 radical (unpaired) electrons. The molecule has 3 aromatic rings. The fraction of sp³-hybridized carbons (Fsp3) is 0.136. The van der Waals surface area contributed by atoms with Crippen LogP contribution in [0, 0.1) is 5.82 Å². The van der Waals surface area contributed by atoms with Gasteiger partial charge in [-0.25, -0.2) is 4.39 Å². The molecule has 0 aliphatic heterocycles. The number of halogens is 1. The van der Waals surface area contributed by atoms with Crippen molar-refractivity contribution in [1.82, 2.24) is 0 Å². The quantitative estimate of drug-likeness (QED) is 0.481. The Labute approximate surface area is 168 Å². The molecule has 4 rings (SSSR count). The third-order valence-corrected chi connectivity index (χ3v) is 4.64. The second-order valence-corrected chi connectivity index (χ2v) is 6.84. The Hall–Kier alpha value is -3.78. The molecule has 1 atom stereocenters. The number of ether oxygens (including phenoxy) is 1. The number of benzene rings is 2. The van der Waals surface area contributed by atoms with E-state index in [9.17, 15) is 29.6 Å². The summed E-state index contributed by atoms with van der Waals surface area (Å²) in [6, 6.07) is 9.43. The highest BCUT2D eigenvalue weighted by molar-refractivity contribution is 5.68. The lowest BCUT2D eigenvalue weighted by Crippen LogP contribution is -2.45. The van der Waals surface area contributed by atoms with E-state index in [1.54, 1.807) is 6.07 Å². The number of rotatable bonds is 4. The molecule has 0 amide bonds. The minimum Gasteiger partial charge on any atom is -0.511 e. The van der Waals surface area contributed by atoms with Gasteiger partial charge in [0.2, 0.25) is 11.2 Å². The maximum Gasteiger partial charge on any atom is 0.238 e. The number of phenols is 2. The molecule has 0 saturated carbocycles. The van der Waals surface area contributed by atoms with Crippen LogP contribution in [0.2, 0.25) is 0 Å². The number of aromatic hydroxyl groups is 2. The molecule has 1 heterocycles. The van der Waals surface area contributed by atoms with Gasteiger partial charge in [-0.15, -0.1) is 0 Å². The van der Waals surface area contributed by atoms with Gasteiger partial charge in [0.25, 0.3) is 0 Å². The third-order valence-electron chi connectivity index (χ3n) is 4.64. The summed E-state index contributed by atoms with van der Waals surface area (Å²) in [6.07, 6.45) is 0.0950. The van der Waals surface area contributed by atoms with Gasteiger partial charge in [-0.1, -0.05) is 12.1 Å². The highest BCUT2D eigenvalue weighted by Gasteiger charge is 2.22. The summed E-state index contributed by atoms with van der Waals surface area (Å²) in [5, 5.41) is 39.3. The first-order valence-corrected chi connectivity index (χ1v) is 9.02. The Balaban J connectivity index is 1.91. The Bertz CT molecular complexity index is 1310. The van der Waals surface area contributed by atoms with Crippen LogP contribution in [0.4, 0.5) is 4.39 Å². The fourth-order valence-corrected chi connectivity index (χ4v) is 3.23. The van der Waals surface area contributed by atoms with Gasteiger partial charge in [-0.05, 0) is 42.0 Å². The zero-order chi connectivity index (χ0) is 21.4. The first-order chi connectivity index (χ1) is 14.3. The maximum atomic E-state index is 13.5. The molecule has 7 nitrogen and oxygen atoms in total. The highest BCUT2D eigenvalue weighted by atomic mass is 19.1. The van der Waals surface area contributed by atoms with E-state index in [4.69, 9.17) is 9.15 Å². The van der Waals surface area contributed by atoms with Crippen molar-refractivity contribution in [2.75, 3.05) is 0 Å². The molecule has 4 N–H and O–H groups in total. The average Bonchev–Trinajstić information content (AvgIpc) is 2.68. The monoisotopic (exact) mass is 412 g/mol. The third kappa shape index (κ3) is 3.60. The maximum absolute atomic E-state index is 13.5. The number of hydrogen-bond acceptors (Lipinski definition) is 7. The largest absolute Gasteiger partial charge is 0.511 e. The molecule has 1 aromatic heterocycles. The molecule has 0 bridgehead atoms. The molecular formula is C22H17FO7. The summed E-state index contributed by atoms with van der Waals surface area (Å²) in [7, 11) is 0. The number of aliphatic hydroxyl groups excluding tert-OH is 2. The fourth-order valence-electron chi connectivity index (χ4n) is 3.23. The molecule has 30 heavy (non-hydrogen) atoms. The van der Waals surface area contributed by atoms with Gasteiger partial charge in [0.15, 0.2) is 17.3 Å². The van der Waals surface area contributed by atoms with Crippen LogP contribution in [0.5, 0.6) is 17.2 Å². The van der Waals surface area contributed by atoms with Crippen LogP contribution in [0.25, 0.3) is 23.2 Å². The topological polar surface area (TPSA) is 120 Å². The van der Waals surface area contributed by atoms with Gasteiger partial charge in [0.1, 0.15) is 28.8 Å². The van der Waals surface area contributed by atoms with Crippen LogP contribution in [0.3, 0.4) is 0 Å². The SMILES string of the molecule is O=c1c(OCc2cccc(F)c2)c(-c2ccc(O)c(O)c2)oc2c1=C(O)CC(O)C=2. The second-order valence-electron chi connectivity index (χ2n) is 6.84. The van der Waals surface area contributed by atoms with Crippen molar-refractivity contribution < 1.29 is 34.0 Å². The normalized spacial score (nSPS) is 15.4. The Kier molecular flexibility index (Phi) is 4.93. The van der Waals surface area contributed by atoms with Crippen molar-refractivity contribution in [3.63, 3.8) is 0 Å². The molecule has 0 fully saturated rings. The molecular weight excluding hydrogens is 395 g/mol. The number of aliphatic hydroxyl groups is 2. The highest BCUT2D eigenvalue weighted by Crippen LogP contribution is 2.33. The summed E-state index contributed by atoms with van der Waals surface area (Å²) >= 11 is 0. The van der Waals surface area contributed by atoms with E-state index in [0.717, 1.165) is 0 Å². The molecule has 0 spiro atoms. The summed E-state index contributed by atoms with van der Waals surface area (Å²) in [4.78, 5) is 13.1. The standard InChI is InChI=1S/C22H17FO7/c23-13-3-1-2-11(6-13)10-29-22-20(28)19-17(27)8-14(24)9-18(19)30-21(22)12-4-5-15(25)16(26)7-12/h1-7,9,14,24-27H,8,10H2. The Morgan fingerprint density at radius 3 is 2.63 bits per heavy atom. The van der Waals surface area contributed by atoms with Crippen LogP contribution in [-0.4, -0.2) is 26.5 Å². The summed E-state index contributed by atoms with van der Waals surface area (Å²) in [6.45, 7) is -0.161. The van der Waals surface area contributed by atoms with Crippen molar-refractivity contribution in [2.45, 2.75) is 19.1 Å². The van der Waals surface area contributed by atoms with Gasteiger partial charge in [0.05, 0.1) is 6.10 Å². The van der Waals surface area contributed by atoms with Gasteiger partial charge >= 0.3 is 0 Å². The molecule has 1 aliphatic carbocycles.